The molecule has 0 aliphatic carbocycles. The number of rotatable bonds is 9. The molecule has 0 unspecified atom stereocenters. The minimum absolute atomic E-state index is 2.71. The fourth-order valence-corrected chi connectivity index (χ4v) is 3.99. The van der Waals surface area contributed by atoms with E-state index in [0.717, 1.165) is 0 Å². The second kappa shape index (κ2) is 11.0. The van der Waals surface area contributed by atoms with E-state index in [1.807, 2.05) is 0 Å². The maximum atomic E-state index is 14.4. The average molecular weight is 762 g/mol. The van der Waals surface area contributed by atoms with Gasteiger partial charge in [-0.25, -0.2) is 22.0 Å². The number of halogens is 23. The van der Waals surface area contributed by atoms with Crippen LogP contribution in [0.3, 0.4) is 0 Å². The van der Waals surface area contributed by atoms with Crippen molar-refractivity contribution in [2.45, 2.75) is 46.6 Å². The van der Waals surface area contributed by atoms with Gasteiger partial charge in [-0.2, -0.15) is 87.4 Å². The lowest BCUT2D eigenvalue weighted by atomic mass is 9.91. The number of ether oxygens (including phenoxy) is 1. The van der Waals surface area contributed by atoms with Crippen molar-refractivity contribution in [1.29, 1.82) is 0 Å². The van der Waals surface area contributed by atoms with Crippen LogP contribution in [0.25, 0.3) is 10.8 Å². The van der Waals surface area contributed by atoms with Crippen LogP contribution in [0.15, 0.2) is 16.7 Å². The summed E-state index contributed by atoms with van der Waals surface area (Å²) in [6, 6.07) is -4.63. The predicted molar refractivity (Wildman–Crippen MR) is 99.1 cm³/mol. The fraction of sp³-hybridized carbons (Fsp3) is 0.368. The van der Waals surface area contributed by atoms with Crippen LogP contribution < -0.4 is 4.74 Å². The van der Waals surface area contributed by atoms with E-state index in [4.69, 9.17) is 4.55 Å². The topological polar surface area (TPSA) is 63.6 Å². The van der Waals surface area contributed by atoms with Crippen molar-refractivity contribution in [2.24, 2.45) is 0 Å². The Morgan fingerprint density at radius 2 is 0.851 bits per heavy atom. The monoisotopic (exact) mass is 762 g/mol. The quantitative estimate of drug-likeness (QED) is 0.0913. The van der Waals surface area contributed by atoms with E-state index in [2.05, 4.69) is 4.74 Å². The van der Waals surface area contributed by atoms with Crippen molar-refractivity contribution in [3.05, 3.63) is 46.7 Å². The summed E-state index contributed by atoms with van der Waals surface area (Å²) < 4.78 is 346. The van der Waals surface area contributed by atoms with E-state index in [1.165, 1.54) is 0 Å². The number of fused-ring (bicyclic) bond motifs is 1. The molecule has 0 saturated heterocycles. The molecule has 0 bridgehead atoms. The van der Waals surface area contributed by atoms with Gasteiger partial charge in [-0.15, -0.1) is 0 Å². The highest BCUT2D eigenvalue weighted by Gasteiger charge is 2.94. The Hall–Kier alpha value is -3.46. The van der Waals surface area contributed by atoms with E-state index < -0.39 is 120 Å². The minimum atomic E-state index is -9.03. The third kappa shape index (κ3) is 5.33. The molecular weight excluding hydrogens is 761 g/mol. The van der Waals surface area contributed by atoms with Gasteiger partial charge in [0.15, 0.2) is 39.7 Å². The van der Waals surface area contributed by atoms with Gasteiger partial charge >= 0.3 is 47.7 Å². The first-order chi connectivity index (χ1) is 20.5. The van der Waals surface area contributed by atoms with Crippen LogP contribution in [0.4, 0.5) is 101 Å². The largest absolute Gasteiger partial charge is 0.460 e. The Labute approximate surface area is 239 Å². The lowest BCUT2D eigenvalue weighted by Crippen LogP contribution is -2.72. The molecule has 47 heavy (non-hydrogen) atoms. The minimum Gasteiger partial charge on any atom is -0.425 e. The zero-order valence-corrected chi connectivity index (χ0v) is 21.1. The van der Waals surface area contributed by atoms with Crippen LogP contribution in [0, 0.1) is 34.9 Å². The summed E-state index contributed by atoms with van der Waals surface area (Å²) in [5, 5.41) is -5.53. The molecule has 0 aliphatic rings. The summed E-state index contributed by atoms with van der Waals surface area (Å²) in [6.45, 7) is 0. The molecule has 2 rings (SSSR count). The highest BCUT2D eigenvalue weighted by molar-refractivity contribution is 7.86. The number of alkyl halides is 15. The third-order valence-electron chi connectivity index (χ3n) is 5.54. The van der Waals surface area contributed by atoms with Crippen LogP contribution in [0.1, 0.15) is 0 Å². The molecule has 28 heteroatoms. The summed E-state index contributed by atoms with van der Waals surface area (Å²) in [4.78, 5) is -3.18. The van der Waals surface area contributed by atoms with E-state index in [1.54, 1.807) is 0 Å². The van der Waals surface area contributed by atoms with Crippen LogP contribution in [-0.4, -0.2) is 54.7 Å². The summed E-state index contributed by atoms with van der Waals surface area (Å²) >= 11 is 0. The molecule has 2 aromatic carbocycles. The van der Waals surface area contributed by atoms with Crippen LogP contribution in [0.2, 0.25) is 0 Å². The summed E-state index contributed by atoms with van der Waals surface area (Å²) in [6.07, 6.45) is -8.03. The Bertz CT molecular complexity index is 1760. The van der Waals surface area contributed by atoms with Gasteiger partial charge in [0.1, 0.15) is 0 Å². The molecule has 0 heterocycles. The number of benzene rings is 2. The molecule has 2 aromatic rings. The Morgan fingerprint density at radius 1 is 0.511 bits per heavy atom. The maximum Gasteiger partial charge on any atom is 0.460 e. The van der Waals surface area contributed by atoms with Gasteiger partial charge in [0.2, 0.25) is 11.6 Å². The first kappa shape index (κ1) is 39.7. The molecule has 0 amide bonds. The molecular formula is C19HF23O4S. The first-order valence-electron chi connectivity index (χ1n) is 10.2. The summed E-state index contributed by atoms with van der Waals surface area (Å²) in [5.41, 5.74) is 0. The average Bonchev–Trinajstić information content (AvgIpc) is 2.90. The van der Waals surface area contributed by atoms with E-state index >= 15 is 0 Å². The molecule has 0 aliphatic heterocycles. The SMILES string of the molecule is O=S(=O)(O)c1c(OC(F)=C(F)C(F)(F)C(F)(F)C(F)(F)C(F)(F)C(F)(F)C(F)(F)C(F)(F)F)c(F)c(F)c2c(F)c(F)c(F)c(F)c12. The fourth-order valence-electron chi connectivity index (χ4n) is 3.17. The highest BCUT2D eigenvalue weighted by Crippen LogP contribution is 2.63. The standard InChI is InChI=1S/C19HF23O4S/c20-3-1-2(5(22)7(24)6(3)23)10(47(43,44)45)9(8(25)4(1)21)46-12(27)11(26)13(28,29)14(30,31)15(32,33)16(34,35)17(36,37)18(38,39)19(40,41)42/h(H,43,44,45). The first-order valence-corrected chi connectivity index (χ1v) is 11.7. The number of allylic oxidation sites excluding steroid dienone is 1. The van der Waals surface area contributed by atoms with Gasteiger partial charge in [0, 0.05) is 0 Å². The second-order valence-electron chi connectivity index (χ2n) is 8.40. The zero-order valence-electron chi connectivity index (χ0n) is 20.3. The van der Waals surface area contributed by atoms with Crippen molar-refractivity contribution in [3.8, 4) is 5.75 Å². The summed E-state index contributed by atoms with van der Waals surface area (Å²) in [7, 11) is -6.83. The van der Waals surface area contributed by atoms with Gasteiger partial charge in [-0.3, -0.25) is 4.55 Å². The molecule has 0 aromatic heterocycles. The molecule has 268 valence electrons. The van der Waals surface area contributed by atoms with Crippen LogP contribution in [-0.2, 0) is 10.1 Å². The molecule has 4 nitrogen and oxygen atoms in total. The van der Waals surface area contributed by atoms with E-state index in [-0.39, 0.29) is 0 Å². The third-order valence-corrected chi connectivity index (χ3v) is 6.44. The Morgan fingerprint density at radius 3 is 1.23 bits per heavy atom. The molecule has 0 atom stereocenters. The van der Waals surface area contributed by atoms with Crippen molar-refractivity contribution >= 4 is 20.9 Å². The predicted octanol–water partition coefficient (Wildman–Crippen LogP) is 8.78. The molecule has 1 N–H and O–H groups in total. The number of hydrogen-bond acceptors (Lipinski definition) is 3. The van der Waals surface area contributed by atoms with E-state index in [0.29, 0.717) is 0 Å². The zero-order chi connectivity index (χ0) is 37.6. The highest BCUT2D eigenvalue weighted by atomic mass is 32.2. The lowest BCUT2D eigenvalue weighted by molar-refractivity contribution is -0.451. The maximum absolute atomic E-state index is 14.4. The van der Waals surface area contributed by atoms with Crippen molar-refractivity contribution < 1.29 is 119 Å². The number of hydrogen-bond donors (Lipinski definition) is 1. The molecule has 0 saturated carbocycles. The normalized spacial score (nSPS) is 15.3. The molecule has 0 fully saturated rings. The van der Waals surface area contributed by atoms with E-state index in [9.17, 15) is 109 Å². The molecule has 0 spiro atoms. The van der Waals surface area contributed by atoms with Gasteiger partial charge < -0.3 is 4.74 Å². The van der Waals surface area contributed by atoms with Gasteiger partial charge in [-0.1, -0.05) is 0 Å². The van der Waals surface area contributed by atoms with Crippen LogP contribution in [0.5, 0.6) is 5.75 Å². The molecule has 0 radical (unpaired) electrons. The van der Waals surface area contributed by atoms with Gasteiger partial charge in [0.05, 0.1) is 10.8 Å². The summed E-state index contributed by atoms with van der Waals surface area (Å²) in [5.74, 6) is -80.6. The lowest BCUT2D eigenvalue weighted by Gasteiger charge is -2.41. The van der Waals surface area contributed by atoms with Gasteiger partial charge in [0.25, 0.3) is 10.1 Å². The van der Waals surface area contributed by atoms with Crippen molar-refractivity contribution in [3.63, 3.8) is 0 Å². The smallest absolute Gasteiger partial charge is 0.425 e. The van der Waals surface area contributed by atoms with Crippen molar-refractivity contribution in [1.82, 2.24) is 0 Å². The Balaban J connectivity index is 2.92. The second-order valence-corrected chi connectivity index (χ2v) is 9.76. The van der Waals surface area contributed by atoms with Gasteiger partial charge in [-0.05, 0) is 0 Å². The Kier molecular flexibility index (Phi) is 9.33. The van der Waals surface area contributed by atoms with Crippen LogP contribution >= 0.6 is 0 Å². The van der Waals surface area contributed by atoms with Crippen molar-refractivity contribution in [2.75, 3.05) is 0 Å².